The first kappa shape index (κ1) is 14.0. The lowest BCUT2D eigenvalue weighted by Crippen LogP contribution is -2.27. The quantitative estimate of drug-likeness (QED) is 0.621. The number of nitrogens with zero attached hydrogens (tertiary/aromatic N) is 2. The summed E-state index contributed by atoms with van der Waals surface area (Å²) in [6.07, 6.45) is 1.31. The van der Waals surface area contributed by atoms with Crippen molar-refractivity contribution in [2.75, 3.05) is 33.7 Å². The van der Waals surface area contributed by atoms with Gasteiger partial charge in [0.05, 0.1) is 0 Å². The second kappa shape index (κ2) is 6.17. The maximum absolute atomic E-state index is 7.38. The minimum absolute atomic E-state index is 0.133. The number of hydrogen-bond donors (Lipinski definition) is 2. The molecule has 1 fully saturated rings. The molecule has 104 valence electrons. The monoisotopic (exact) mass is 260 g/mol. The van der Waals surface area contributed by atoms with Crippen molar-refractivity contribution in [3.63, 3.8) is 0 Å². The standard InChI is InChI=1S/C15H24N4/c1-18-8-7-13(10-18)11-19(2)9-12-3-5-14(6-4-12)15(16)17/h3-6,13H,7-11H2,1-2H3,(H3,16,17). The van der Waals surface area contributed by atoms with Crippen LogP contribution in [0.25, 0.3) is 0 Å². The van der Waals surface area contributed by atoms with Crippen LogP contribution in [0, 0.1) is 11.3 Å². The van der Waals surface area contributed by atoms with Gasteiger partial charge < -0.3 is 15.5 Å². The van der Waals surface area contributed by atoms with Crippen molar-refractivity contribution in [3.05, 3.63) is 35.4 Å². The molecule has 3 N–H and O–H groups in total. The van der Waals surface area contributed by atoms with Gasteiger partial charge in [-0.3, -0.25) is 5.41 Å². The van der Waals surface area contributed by atoms with Crippen LogP contribution in [0.1, 0.15) is 17.5 Å². The van der Waals surface area contributed by atoms with Crippen LogP contribution in [-0.2, 0) is 6.54 Å². The average Bonchev–Trinajstić information content (AvgIpc) is 2.75. The highest BCUT2D eigenvalue weighted by Gasteiger charge is 2.20. The Kier molecular flexibility index (Phi) is 4.56. The molecule has 4 nitrogen and oxygen atoms in total. The molecule has 1 heterocycles. The summed E-state index contributed by atoms with van der Waals surface area (Å²) in [6.45, 7) is 4.55. The Morgan fingerprint density at radius 2 is 2.11 bits per heavy atom. The van der Waals surface area contributed by atoms with Gasteiger partial charge in [-0.2, -0.15) is 0 Å². The van der Waals surface area contributed by atoms with Gasteiger partial charge in [0.1, 0.15) is 5.84 Å². The molecule has 0 aliphatic carbocycles. The number of amidine groups is 1. The van der Waals surface area contributed by atoms with Crippen molar-refractivity contribution in [1.29, 1.82) is 5.41 Å². The molecule has 1 saturated heterocycles. The van der Waals surface area contributed by atoms with Crippen LogP contribution >= 0.6 is 0 Å². The smallest absolute Gasteiger partial charge is 0.122 e. The largest absolute Gasteiger partial charge is 0.384 e. The molecular weight excluding hydrogens is 236 g/mol. The number of likely N-dealkylation sites (tertiary alicyclic amines) is 1. The van der Waals surface area contributed by atoms with Crippen LogP contribution in [0.2, 0.25) is 0 Å². The van der Waals surface area contributed by atoms with Gasteiger partial charge in [0.25, 0.3) is 0 Å². The molecule has 1 aromatic carbocycles. The van der Waals surface area contributed by atoms with E-state index in [0.717, 1.165) is 24.6 Å². The lowest BCUT2D eigenvalue weighted by molar-refractivity contribution is 0.267. The van der Waals surface area contributed by atoms with Gasteiger partial charge >= 0.3 is 0 Å². The fourth-order valence-corrected chi connectivity index (χ4v) is 2.78. The SMILES string of the molecule is CN1CCC(CN(C)Cc2ccc(C(=N)N)cc2)C1. The molecule has 0 bridgehead atoms. The summed E-state index contributed by atoms with van der Waals surface area (Å²) in [5.41, 5.74) is 7.53. The molecule has 19 heavy (non-hydrogen) atoms. The Balaban J connectivity index is 1.84. The normalized spacial score (nSPS) is 20.1. The van der Waals surface area contributed by atoms with Gasteiger partial charge in [-0.1, -0.05) is 24.3 Å². The van der Waals surface area contributed by atoms with E-state index in [-0.39, 0.29) is 5.84 Å². The van der Waals surface area contributed by atoms with Gasteiger partial charge in [0.2, 0.25) is 0 Å². The van der Waals surface area contributed by atoms with E-state index in [0.29, 0.717) is 0 Å². The summed E-state index contributed by atoms with van der Waals surface area (Å²) >= 11 is 0. The Labute approximate surface area is 115 Å². The fourth-order valence-electron chi connectivity index (χ4n) is 2.78. The third kappa shape index (κ3) is 4.04. The summed E-state index contributed by atoms with van der Waals surface area (Å²) in [5.74, 6) is 0.931. The zero-order chi connectivity index (χ0) is 13.8. The van der Waals surface area contributed by atoms with E-state index in [9.17, 15) is 0 Å². The minimum atomic E-state index is 0.133. The van der Waals surface area contributed by atoms with Crippen LogP contribution in [0.15, 0.2) is 24.3 Å². The molecule has 1 aliphatic heterocycles. The third-order valence-corrected chi connectivity index (χ3v) is 3.78. The van der Waals surface area contributed by atoms with Crippen LogP contribution in [0.4, 0.5) is 0 Å². The van der Waals surface area contributed by atoms with Crippen molar-refractivity contribution >= 4 is 5.84 Å². The molecular formula is C15H24N4. The predicted octanol–water partition coefficient (Wildman–Crippen LogP) is 1.35. The number of hydrogen-bond acceptors (Lipinski definition) is 3. The van der Waals surface area contributed by atoms with Gasteiger partial charge in [-0.15, -0.1) is 0 Å². The topological polar surface area (TPSA) is 56.4 Å². The van der Waals surface area contributed by atoms with Crippen LogP contribution in [-0.4, -0.2) is 49.4 Å². The van der Waals surface area contributed by atoms with E-state index < -0.39 is 0 Å². The van der Waals surface area contributed by atoms with E-state index in [1.807, 2.05) is 12.1 Å². The predicted molar refractivity (Wildman–Crippen MR) is 79.4 cm³/mol. The van der Waals surface area contributed by atoms with Crippen molar-refractivity contribution in [3.8, 4) is 0 Å². The molecule has 0 spiro atoms. The summed E-state index contributed by atoms with van der Waals surface area (Å²) in [4.78, 5) is 4.78. The highest BCUT2D eigenvalue weighted by molar-refractivity contribution is 5.94. The first-order valence-electron chi connectivity index (χ1n) is 6.85. The molecule has 0 aromatic heterocycles. The lowest BCUT2D eigenvalue weighted by Gasteiger charge is -2.21. The number of nitrogens with two attached hydrogens (primary N) is 1. The van der Waals surface area contributed by atoms with E-state index in [2.05, 4.69) is 36.0 Å². The molecule has 1 atom stereocenters. The number of benzene rings is 1. The molecule has 1 unspecified atom stereocenters. The maximum Gasteiger partial charge on any atom is 0.122 e. The maximum atomic E-state index is 7.38. The highest BCUT2D eigenvalue weighted by atomic mass is 15.1. The second-order valence-corrected chi connectivity index (χ2v) is 5.72. The number of rotatable bonds is 5. The molecule has 2 rings (SSSR count). The second-order valence-electron chi connectivity index (χ2n) is 5.72. The van der Waals surface area contributed by atoms with Crippen molar-refractivity contribution < 1.29 is 0 Å². The number of nitrogens with one attached hydrogen (secondary N) is 1. The Morgan fingerprint density at radius 1 is 1.42 bits per heavy atom. The zero-order valence-electron chi connectivity index (χ0n) is 11.9. The van der Waals surface area contributed by atoms with Gasteiger partial charge in [-0.25, -0.2) is 0 Å². The van der Waals surface area contributed by atoms with E-state index in [4.69, 9.17) is 11.1 Å². The first-order chi connectivity index (χ1) is 9.04. The summed E-state index contributed by atoms with van der Waals surface area (Å²) < 4.78 is 0. The number of nitrogen functional groups attached to an aromatic ring is 1. The van der Waals surface area contributed by atoms with Crippen molar-refractivity contribution in [2.45, 2.75) is 13.0 Å². The molecule has 4 heteroatoms. The van der Waals surface area contributed by atoms with E-state index in [1.165, 1.54) is 25.1 Å². The molecule has 0 radical (unpaired) electrons. The Bertz CT molecular complexity index is 426. The van der Waals surface area contributed by atoms with E-state index in [1.54, 1.807) is 0 Å². The molecule has 0 saturated carbocycles. The van der Waals surface area contributed by atoms with Crippen molar-refractivity contribution in [2.24, 2.45) is 11.7 Å². The zero-order valence-corrected chi connectivity index (χ0v) is 11.9. The van der Waals surface area contributed by atoms with Gasteiger partial charge in [0, 0.05) is 25.2 Å². The first-order valence-corrected chi connectivity index (χ1v) is 6.85. The summed E-state index contributed by atoms with van der Waals surface area (Å²) in [5, 5.41) is 7.38. The Hall–Kier alpha value is -1.39. The minimum Gasteiger partial charge on any atom is -0.384 e. The highest BCUT2D eigenvalue weighted by Crippen LogP contribution is 2.16. The molecule has 1 aromatic rings. The van der Waals surface area contributed by atoms with E-state index >= 15 is 0 Å². The molecule has 1 aliphatic rings. The third-order valence-electron chi connectivity index (χ3n) is 3.78. The Morgan fingerprint density at radius 3 is 2.63 bits per heavy atom. The van der Waals surface area contributed by atoms with Crippen LogP contribution < -0.4 is 5.73 Å². The average molecular weight is 260 g/mol. The van der Waals surface area contributed by atoms with Gasteiger partial charge in [-0.05, 0) is 38.5 Å². The fraction of sp³-hybridized carbons (Fsp3) is 0.533. The summed E-state index contributed by atoms with van der Waals surface area (Å²) in [7, 11) is 4.37. The van der Waals surface area contributed by atoms with Crippen LogP contribution in [0.5, 0.6) is 0 Å². The van der Waals surface area contributed by atoms with Gasteiger partial charge in [0.15, 0.2) is 0 Å². The lowest BCUT2D eigenvalue weighted by atomic mass is 10.1. The van der Waals surface area contributed by atoms with Crippen LogP contribution in [0.3, 0.4) is 0 Å². The molecule has 0 amide bonds. The van der Waals surface area contributed by atoms with Crippen molar-refractivity contribution in [1.82, 2.24) is 9.80 Å². The summed E-state index contributed by atoms with van der Waals surface area (Å²) in [6, 6.07) is 7.98.